The number of aliphatic hydroxyl groups is 1. The van der Waals surface area contributed by atoms with Gasteiger partial charge in [0.05, 0.1) is 18.7 Å². The van der Waals surface area contributed by atoms with Gasteiger partial charge in [0.15, 0.2) is 0 Å². The summed E-state index contributed by atoms with van der Waals surface area (Å²) in [6.45, 7) is 11.1. The number of methoxy groups -OCH3 is 1. The Balaban J connectivity index is 2.60. The molecule has 0 saturated carbocycles. The van der Waals surface area contributed by atoms with E-state index in [-0.39, 0.29) is 0 Å². The Labute approximate surface area is 148 Å². The van der Waals surface area contributed by atoms with Gasteiger partial charge in [0.1, 0.15) is 11.4 Å². The Kier molecular flexibility index (Phi) is 5.58. The number of carbonyl (C=O) groups excluding carboxylic acids is 1. The van der Waals surface area contributed by atoms with Crippen LogP contribution in [0, 0.1) is 6.92 Å². The number of allylic oxidation sites excluding steroid dienone is 1. The Hall–Kier alpha value is -2.27. The van der Waals surface area contributed by atoms with Crippen LogP contribution in [0.4, 0.5) is 4.79 Å². The molecule has 2 aromatic rings. The topological polar surface area (TPSA) is 60.7 Å². The van der Waals surface area contributed by atoms with Crippen LogP contribution < -0.4 is 4.74 Å². The minimum Gasteiger partial charge on any atom is -0.496 e. The molecule has 136 valence electrons. The van der Waals surface area contributed by atoms with Gasteiger partial charge in [0.25, 0.3) is 0 Å². The number of aliphatic hydroxyl groups excluding tert-OH is 1. The smallest absolute Gasteiger partial charge is 0.419 e. The van der Waals surface area contributed by atoms with Crippen molar-refractivity contribution in [1.29, 1.82) is 0 Å². The van der Waals surface area contributed by atoms with Crippen LogP contribution in [0.1, 0.15) is 50.8 Å². The summed E-state index contributed by atoms with van der Waals surface area (Å²) in [6.07, 6.45) is 3.53. The second-order valence-corrected chi connectivity index (χ2v) is 7.12. The molecule has 5 heteroatoms. The summed E-state index contributed by atoms with van der Waals surface area (Å²) in [4.78, 5) is 12.5. The first-order valence-corrected chi connectivity index (χ1v) is 8.40. The van der Waals surface area contributed by atoms with Gasteiger partial charge < -0.3 is 14.6 Å². The van der Waals surface area contributed by atoms with Gasteiger partial charge in [0, 0.05) is 17.1 Å². The van der Waals surface area contributed by atoms with Crippen molar-refractivity contribution in [3.8, 4) is 5.75 Å². The molecular formula is C20H27NO4. The molecule has 0 bridgehead atoms. The molecule has 2 rings (SSSR count). The van der Waals surface area contributed by atoms with Gasteiger partial charge >= 0.3 is 6.09 Å². The molecule has 5 nitrogen and oxygen atoms in total. The second kappa shape index (κ2) is 7.31. The molecule has 1 atom stereocenters. The fraction of sp³-hybridized carbons (Fsp3) is 0.450. The Morgan fingerprint density at radius 1 is 1.44 bits per heavy atom. The maximum absolute atomic E-state index is 12.5. The lowest BCUT2D eigenvalue weighted by molar-refractivity contribution is 0.0544. The second-order valence-electron chi connectivity index (χ2n) is 7.12. The van der Waals surface area contributed by atoms with E-state index in [1.807, 2.05) is 39.8 Å². The van der Waals surface area contributed by atoms with Crippen molar-refractivity contribution in [3.63, 3.8) is 0 Å². The highest BCUT2D eigenvalue weighted by molar-refractivity contribution is 5.95. The third-order valence-electron chi connectivity index (χ3n) is 3.95. The van der Waals surface area contributed by atoms with Crippen molar-refractivity contribution in [3.05, 3.63) is 42.1 Å². The molecule has 0 spiro atoms. The molecule has 0 fully saturated rings. The van der Waals surface area contributed by atoms with Gasteiger partial charge in [-0.2, -0.15) is 0 Å². The minimum absolute atomic E-state index is 0.442. The quantitative estimate of drug-likeness (QED) is 0.795. The van der Waals surface area contributed by atoms with E-state index < -0.39 is 17.8 Å². The summed E-state index contributed by atoms with van der Waals surface area (Å²) in [5, 5.41) is 11.4. The predicted molar refractivity (Wildman–Crippen MR) is 99.2 cm³/mol. The van der Waals surface area contributed by atoms with Gasteiger partial charge in [-0.05, 0) is 58.2 Å². The molecule has 1 aromatic carbocycles. The highest BCUT2D eigenvalue weighted by Gasteiger charge is 2.24. The lowest BCUT2D eigenvalue weighted by Gasteiger charge is -2.21. The summed E-state index contributed by atoms with van der Waals surface area (Å²) < 4.78 is 12.4. The van der Waals surface area contributed by atoms with Crippen LogP contribution in [0.5, 0.6) is 5.75 Å². The highest BCUT2D eigenvalue weighted by atomic mass is 16.6. The number of aromatic nitrogens is 1. The normalized spacial score (nSPS) is 12.9. The molecule has 0 radical (unpaired) electrons. The maximum Gasteiger partial charge on any atom is 0.419 e. The van der Waals surface area contributed by atoms with Crippen LogP contribution in [-0.4, -0.2) is 28.5 Å². The third kappa shape index (κ3) is 4.04. The van der Waals surface area contributed by atoms with E-state index in [2.05, 4.69) is 6.58 Å². The zero-order valence-electron chi connectivity index (χ0n) is 15.6. The molecule has 1 aromatic heterocycles. The summed E-state index contributed by atoms with van der Waals surface area (Å²) in [5.41, 5.74) is 1.71. The number of benzene rings is 1. The number of aryl methyl sites for hydroxylation is 1. The molecule has 0 aliphatic heterocycles. The lowest BCUT2D eigenvalue weighted by Crippen LogP contribution is -2.26. The molecule has 1 N–H and O–H groups in total. The van der Waals surface area contributed by atoms with Crippen molar-refractivity contribution >= 4 is 17.0 Å². The van der Waals surface area contributed by atoms with E-state index in [9.17, 15) is 9.90 Å². The summed E-state index contributed by atoms with van der Waals surface area (Å²) in [5.74, 6) is 0.614. The molecule has 0 aliphatic rings. The average molecular weight is 345 g/mol. The van der Waals surface area contributed by atoms with Crippen molar-refractivity contribution in [1.82, 2.24) is 4.57 Å². The van der Waals surface area contributed by atoms with E-state index in [0.29, 0.717) is 24.2 Å². The molecule has 25 heavy (non-hydrogen) atoms. The van der Waals surface area contributed by atoms with Gasteiger partial charge in [-0.1, -0.05) is 6.08 Å². The zero-order chi connectivity index (χ0) is 18.8. The SMILES string of the molecule is C=CCCC(O)c1c(OC)cc(C)c2c1ccn2C(=O)OC(C)(C)C. The molecule has 0 saturated heterocycles. The number of carbonyl (C=O) groups is 1. The van der Waals surface area contributed by atoms with Crippen molar-refractivity contribution in [2.75, 3.05) is 7.11 Å². The fourth-order valence-corrected chi connectivity index (χ4v) is 2.92. The summed E-state index contributed by atoms with van der Waals surface area (Å²) >= 11 is 0. The van der Waals surface area contributed by atoms with E-state index in [1.54, 1.807) is 19.4 Å². The predicted octanol–water partition coefficient (Wildman–Crippen LogP) is 4.74. The van der Waals surface area contributed by atoms with Crippen molar-refractivity contribution in [2.24, 2.45) is 0 Å². The van der Waals surface area contributed by atoms with E-state index in [0.717, 1.165) is 16.5 Å². The molecule has 1 heterocycles. The Morgan fingerprint density at radius 2 is 2.12 bits per heavy atom. The summed E-state index contributed by atoms with van der Waals surface area (Å²) in [6, 6.07) is 3.66. The van der Waals surface area contributed by atoms with E-state index in [4.69, 9.17) is 9.47 Å². The number of hydrogen-bond donors (Lipinski definition) is 1. The largest absolute Gasteiger partial charge is 0.496 e. The number of fused-ring (bicyclic) bond motifs is 1. The van der Waals surface area contributed by atoms with E-state index in [1.165, 1.54) is 4.57 Å². The number of hydrogen-bond acceptors (Lipinski definition) is 4. The fourth-order valence-electron chi connectivity index (χ4n) is 2.92. The minimum atomic E-state index is -0.703. The lowest BCUT2D eigenvalue weighted by atomic mass is 9.97. The van der Waals surface area contributed by atoms with Gasteiger partial charge in [-0.25, -0.2) is 4.79 Å². The van der Waals surface area contributed by atoms with Gasteiger partial charge in [0.2, 0.25) is 0 Å². The summed E-state index contributed by atoms with van der Waals surface area (Å²) in [7, 11) is 1.58. The molecule has 0 amide bonds. The number of ether oxygens (including phenoxy) is 2. The van der Waals surface area contributed by atoms with Crippen LogP contribution >= 0.6 is 0 Å². The maximum atomic E-state index is 12.5. The van der Waals surface area contributed by atoms with Crippen LogP contribution in [0.25, 0.3) is 10.9 Å². The van der Waals surface area contributed by atoms with Gasteiger partial charge in [-0.15, -0.1) is 6.58 Å². The third-order valence-corrected chi connectivity index (χ3v) is 3.95. The average Bonchev–Trinajstić information content (AvgIpc) is 2.96. The molecular weight excluding hydrogens is 318 g/mol. The van der Waals surface area contributed by atoms with Crippen molar-refractivity contribution in [2.45, 2.75) is 52.2 Å². The van der Waals surface area contributed by atoms with E-state index >= 15 is 0 Å². The highest BCUT2D eigenvalue weighted by Crippen LogP contribution is 2.38. The number of rotatable bonds is 5. The zero-order valence-corrected chi connectivity index (χ0v) is 15.6. The standard InChI is InChI=1S/C20H27NO4/c1-7-8-9-15(22)17-14-10-11-21(19(23)25-20(3,4)5)18(14)13(2)12-16(17)24-6/h7,10-12,15,22H,1,8-9H2,2-6H3. The van der Waals surface area contributed by atoms with Crippen LogP contribution in [0.15, 0.2) is 31.0 Å². The van der Waals surface area contributed by atoms with Crippen LogP contribution in [-0.2, 0) is 4.74 Å². The Morgan fingerprint density at radius 3 is 2.68 bits per heavy atom. The first-order chi connectivity index (χ1) is 11.7. The monoisotopic (exact) mass is 345 g/mol. The van der Waals surface area contributed by atoms with Crippen LogP contribution in [0.3, 0.4) is 0 Å². The molecule has 1 unspecified atom stereocenters. The molecule has 0 aliphatic carbocycles. The van der Waals surface area contributed by atoms with Crippen LogP contribution in [0.2, 0.25) is 0 Å². The van der Waals surface area contributed by atoms with Gasteiger partial charge in [-0.3, -0.25) is 4.57 Å². The first kappa shape index (κ1) is 19.1. The van der Waals surface area contributed by atoms with Crippen molar-refractivity contribution < 1.29 is 19.4 Å². The first-order valence-electron chi connectivity index (χ1n) is 8.40. The Bertz CT molecular complexity index is 783. The number of nitrogens with zero attached hydrogens (tertiary/aromatic N) is 1.